The molecule has 170 valence electrons. The maximum Gasteiger partial charge on any atom is 0.229 e. The first-order valence-electron chi connectivity index (χ1n) is 9.43. The summed E-state index contributed by atoms with van der Waals surface area (Å²) in [4.78, 5) is 11.8. The molecule has 0 aromatic heterocycles. The molecule has 6 N–H and O–H groups in total. The molecule has 1 fully saturated rings. The lowest BCUT2D eigenvalue weighted by atomic mass is 10.0. The second-order valence-electron chi connectivity index (χ2n) is 7.21. The average Bonchev–Trinajstić information content (AvgIpc) is 2.75. The Kier molecular flexibility index (Phi) is 5.57. The fourth-order valence-electron chi connectivity index (χ4n) is 3.35. The lowest BCUT2D eigenvalue weighted by molar-refractivity contribution is -0.242. The van der Waals surface area contributed by atoms with Crippen LogP contribution in [-0.4, -0.2) is 69.0 Å². The van der Waals surface area contributed by atoms with Crippen LogP contribution in [-0.2, 0) is 4.74 Å². The molecule has 11 nitrogen and oxygen atoms in total. The van der Waals surface area contributed by atoms with E-state index in [0.717, 1.165) is 18.2 Å². The van der Waals surface area contributed by atoms with Crippen LogP contribution in [0.25, 0.3) is 22.6 Å². The van der Waals surface area contributed by atoms with Gasteiger partial charge in [-0.3, -0.25) is 4.79 Å². The lowest BCUT2D eigenvalue weighted by Gasteiger charge is -2.35. The number of rotatable bonds is 4. The summed E-state index contributed by atoms with van der Waals surface area (Å²) in [5, 5.41) is 60.0. The van der Waals surface area contributed by atoms with Crippen LogP contribution in [0.3, 0.4) is 0 Å². The number of hydrogen-bond acceptors (Lipinski definition) is 11. The summed E-state index contributed by atoms with van der Waals surface area (Å²) in [6.45, 7) is -0.318. The number of aromatic hydroxyl groups is 3. The van der Waals surface area contributed by atoms with Crippen molar-refractivity contribution in [3.8, 4) is 51.4 Å². The molecular weight excluding hydrogens is 428 g/mol. The Morgan fingerprint density at radius 2 is 1.69 bits per heavy atom. The highest BCUT2D eigenvalue weighted by Gasteiger charge is 2.39. The van der Waals surface area contributed by atoms with E-state index in [1.807, 2.05) is 0 Å². The van der Waals surface area contributed by atoms with Crippen LogP contribution in [0.5, 0.6) is 28.7 Å². The van der Waals surface area contributed by atoms with Crippen LogP contribution in [0.15, 0.2) is 39.5 Å². The number of hydrogen-bond donors (Lipinski definition) is 6. The van der Waals surface area contributed by atoms with Gasteiger partial charge in [-0.2, -0.15) is 0 Å². The molecule has 0 amide bonds. The van der Waals surface area contributed by atoms with Gasteiger partial charge < -0.3 is 49.3 Å². The fourth-order valence-corrected chi connectivity index (χ4v) is 3.35. The van der Waals surface area contributed by atoms with Gasteiger partial charge >= 0.3 is 0 Å². The van der Waals surface area contributed by atoms with Gasteiger partial charge in [0.15, 0.2) is 28.4 Å². The first kappa shape index (κ1) is 21.7. The highest BCUT2D eigenvalue weighted by Crippen LogP contribution is 2.45. The SMILES string of the molecule is COc1cc(-c2oc3cc(=O)cc(O)c-3cc2O[C@@H]2OC[C@H](O)[C@H](O)[C@H]2O)cc(O)c1O. The van der Waals surface area contributed by atoms with Crippen molar-refractivity contribution in [3.63, 3.8) is 0 Å². The molecule has 0 unspecified atom stereocenters. The van der Waals surface area contributed by atoms with Crippen molar-refractivity contribution in [1.29, 1.82) is 0 Å². The predicted octanol–water partition coefficient (Wildman–Crippen LogP) is 0.355. The zero-order valence-electron chi connectivity index (χ0n) is 16.6. The Hall–Kier alpha value is -3.51. The van der Waals surface area contributed by atoms with E-state index >= 15 is 0 Å². The standard InChI is InChI=1S/C21H20O11/c1-29-15-3-8(2-12(24)17(15)26)20-16(32-21-19(28)18(27)13(25)7-30-21)6-10-11(23)4-9(22)5-14(10)31-20/h2-6,13,18-19,21,23-28H,7H2,1H3/t13-,18-,19+,21-/m0/s1. The molecule has 0 bridgehead atoms. The van der Waals surface area contributed by atoms with Crippen LogP contribution in [0.1, 0.15) is 0 Å². The molecule has 4 atom stereocenters. The molecule has 1 aliphatic carbocycles. The summed E-state index contributed by atoms with van der Waals surface area (Å²) in [6, 6.07) is 5.89. The summed E-state index contributed by atoms with van der Waals surface area (Å²) >= 11 is 0. The summed E-state index contributed by atoms with van der Waals surface area (Å²) in [5.74, 6) is -1.72. The smallest absolute Gasteiger partial charge is 0.229 e. The molecule has 0 saturated carbocycles. The minimum atomic E-state index is -1.62. The molecule has 4 rings (SSSR count). The molecule has 32 heavy (non-hydrogen) atoms. The maximum absolute atomic E-state index is 11.8. The number of fused-ring (bicyclic) bond motifs is 1. The van der Waals surface area contributed by atoms with Crippen LogP contribution in [0.4, 0.5) is 0 Å². The summed E-state index contributed by atoms with van der Waals surface area (Å²) in [7, 11) is 1.27. The first-order valence-corrected chi connectivity index (χ1v) is 9.43. The molecule has 11 heteroatoms. The van der Waals surface area contributed by atoms with Crippen molar-refractivity contribution in [3.05, 3.63) is 40.6 Å². The third-order valence-electron chi connectivity index (χ3n) is 5.04. The number of phenolic OH excluding ortho intramolecular Hbond substituents is 3. The molecule has 1 aromatic carbocycles. The van der Waals surface area contributed by atoms with Crippen molar-refractivity contribution >= 4 is 0 Å². The highest BCUT2D eigenvalue weighted by molar-refractivity contribution is 5.77. The van der Waals surface area contributed by atoms with Crippen molar-refractivity contribution in [2.75, 3.05) is 13.7 Å². The van der Waals surface area contributed by atoms with E-state index in [1.165, 1.54) is 19.2 Å². The van der Waals surface area contributed by atoms with Gasteiger partial charge in [0.05, 0.1) is 19.3 Å². The minimum Gasteiger partial charge on any atom is -0.507 e. The Balaban J connectivity index is 1.88. The first-order chi connectivity index (χ1) is 15.2. The largest absolute Gasteiger partial charge is 0.507 e. The van der Waals surface area contributed by atoms with Crippen LogP contribution >= 0.6 is 0 Å². The minimum absolute atomic E-state index is 0.00977. The zero-order valence-corrected chi connectivity index (χ0v) is 16.6. The fraction of sp³-hybridized carbons (Fsp3) is 0.286. The Morgan fingerprint density at radius 1 is 0.938 bits per heavy atom. The average molecular weight is 448 g/mol. The van der Waals surface area contributed by atoms with E-state index in [0.29, 0.717) is 0 Å². The lowest BCUT2D eigenvalue weighted by Crippen LogP contribution is -2.54. The molecule has 2 aliphatic heterocycles. The van der Waals surface area contributed by atoms with Gasteiger partial charge in [0.2, 0.25) is 12.0 Å². The molecule has 2 heterocycles. The normalized spacial score (nSPS) is 23.2. The third kappa shape index (κ3) is 3.78. The second-order valence-corrected chi connectivity index (χ2v) is 7.21. The van der Waals surface area contributed by atoms with E-state index in [4.69, 9.17) is 18.6 Å². The maximum atomic E-state index is 11.8. The van der Waals surface area contributed by atoms with Crippen molar-refractivity contribution in [2.24, 2.45) is 0 Å². The molecule has 1 saturated heterocycles. The Bertz CT molecular complexity index is 1170. The zero-order chi connectivity index (χ0) is 23.2. The van der Waals surface area contributed by atoms with Gasteiger partial charge in [-0.15, -0.1) is 0 Å². The van der Waals surface area contributed by atoms with Crippen LogP contribution < -0.4 is 14.9 Å². The number of phenols is 3. The van der Waals surface area contributed by atoms with Crippen LogP contribution in [0, 0.1) is 0 Å². The number of benzene rings is 2. The second kappa shape index (κ2) is 8.20. The number of methoxy groups -OCH3 is 1. The van der Waals surface area contributed by atoms with Gasteiger partial charge in [0, 0.05) is 17.7 Å². The van der Waals surface area contributed by atoms with Gasteiger partial charge in [-0.05, 0) is 18.2 Å². The monoisotopic (exact) mass is 448 g/mol. The topological polar surface area (TPSA) is 179 Å². The van der Waals surface area contributed by atoms with Gasteiger partial charge in [-0.25, -0.2) is 0 Å². The van der Waals surface area contributed by atoms with E-state index in [-0.39, 0.29) is 46.5 Å². The van der Waals surface area contributed by atoms with E-state index in [2.05, 4.69) is 0 Å². The molecular formula is C21H20O11. The molecule has 3 aliphatic rings. The van der Waals surface area contributed by atoms with Gasteiger partial charge in [0.25, 0.3) is 0 Å². The predicted molar refractivity (Wildman–Crippen MR) is 107 cm³/mol. The van der Waals surface area contributed by atoms with Crippen LogP contribution in [0.2, 0.25) is 0 Å². The summed E-state index contributed by atoms with van der Waals surface area (Å²) < 4.78 is 21.8. The van der Waals surface area contributed by atoms with E-state index < -0.39 is 41.5 Å². The Morgan fingerprint density at radius 3 is 2.41 bits per heavy atom. The number of aliphatic hydroxyl groups excluding tert-OH is 3. The Labute approximate surface area is 180 Å². The summed E-state index contributed by atoms with van der Waals surface area (Å²) in [6.07, 6.45) is -5.90. The molecule has 0 radical (unpaired) electrons. The molecule has 1 aromatic rings. The number of ether oxygens (including phenoxy) is 3. The number of aliphatic hydroxyl groups is 3. The van der Waals surface area contributed by atoms with E-state index in [1.54, 1.807) is 0 Å². The summed E-state index contributed by atoms with van der Waals surface area (Å²) in [5.41, 5.74) is -0.271. The van der Waals surface area contributed by atoms with Gasteiger partial charge in [0.1, 0.15) is 29.8 Å². The van der Waals surface area contributed by atoms with E-state index in [9.17, 15) is 35.4 Å². The highest BCUT2D eigenvalue weighted by atomic mass is 16.7. The van der Waals surface area contributed by atoms with Crippen molar-refractivity contribution in [2.45, 2.75) is 24.6 Å². The quantitative estimate of drug-likeness (QED) is 0.303. The third-order valence-corrected chi connectivity index (χ3v) is 5.04. The van der Waals surface area contributed by atoms with Crippen molar-refractivity contribution in [1.82, 2.24) is 0 Å². The molecule has 0 spiro atoms. The van der Waals surface area contributed by atoms with Gasteiger partial charge in [-0.1, -0.05) is 0 Å². The van der Waals surface area contributed by atoms with Crippen molar-refractivity contribution < 1.29 is 49.3 Å².